The smallest absolute Gasteiger partial charge is 0.168 e. The third kappa shape index (κ3) is 4.74. The summed E-state index contributed by atoms with van der Waals surface area (Å²) in [6.45, 7) is 14.2. The van der Waals surface area contributed by atoms with Crippen molar-refractivity contribution in [2.75, 3.05) is 26.2 Å². The van der Waals surface area contributed by atoms with Crippen molar-refractivity contribution in [1.82, 2.24) is 30.0 Å². The molecule has 1 fully saturated rings. The lowest BCUT2D eigenvalue weighted by Crippen LogP contribution is -2.48. The molecule has 1 aliphatic rings. The first-order valence-corrected chi connectivity index (χ1v) is 10.3. The minimum atomic E-state index is -0.0556. The van der Waals surface area contributed by atoms with Gasteiger partial charge in [-0.2, -0.15) is 0 Å². The van der Waals surface area contributed by atoms with E-state index in [-0.39, 0.29) is 5.54 Å². The number of rotatable bonds is 8. The zero-order valence-corrected chi connectivity index (χ0v) is 17.3. The molecule has 0 spiro atoms. The Hall–Kier alpha value is -1.79. The van der Waals surface area contributed by atoms with Crippen molar-refractivity contribution in [3.63, 3.8) is 0 Å². The van der Waals surface area contributed by atoms with Gasteiger partial charge in [0.2, 0.25) is 0 Å². The lowest BCUT2D eigenvalue weighted by molar-refractivity contribution is 0.0788. The first-order valence-electron chi connectivity index (χ1n) is 10.3. The van der Waals surface area contributed by atoms with E-state index in [1.54, 1.807) is 0 Å². The molecule has 148 valence electrons. The van der Waals surface area contributed by atoms with Gasteiger partial charge >= 0.3 is 0 Å². The third-order valence-electron chi connectivity index (χ3n) is 5.89. The standard InChI is InChI=1S/C21H34N6/c1-5-10-19(20-22-23-24-27(20)21(3,4)6-2)26-15-13-25(14-16-26)17-18-11-8-7-9-12-18/h7-9,11-12,19H,5-6,10,13-17H2,1-4H3/t19-/m1/s1. The fourth-order valence-electron chi connectivity index (χ4n) is 3.81. The quantitative estimate of drug-likeness (QED) is 0.712. The minimum absolute atomic E-state index is 0.0556. The number of tetrazole rings is 1. The highest BCUT2D eigenvalue weighted by Gasteiger charge is 2.32. The fourth-order valence-corrected chi connectivity index (χ4v) is 3.81. The largest absolute Gasteiger partial charge is 0.297 e. The summed E-state index contributed by atoms with van der Waals surface area (Å²) >= 11 is 0. The molecule has 0 amide bonds. The van der Waals surface area contributed by atoms with Gasteiger partial charge < -0.3 is 0 Å². The Bertz CT molecular complexity index is 688. The highest BCUT2D eigenvalue weighted by atomic mass is 15.6. The molecule has 1 aromatic carbocycles. The Morgan fingerprint density at radius 2 is 1.74 bits per heavy atom. The molecule has 6 nitrogen and oxygen atoms in total. The van der Waals surface area contributed by atoms with Crippen molar-refractivity contribution < 1.29 is 0 Å². The summed E-state index contributed by atoms with van der Waals surface area (Å²) in [6, 6.07) is 11.1. The van der Waals surface area contributed by atoms with Gasteiger partial charge in [0.25, 0.3) is 0 Å². The number of piperazine rings is 1. The summed E-state index contributed by atoms with van der Waals surface area (Å²) < 4.78 is 2.06. The van der Waals surface area contributed by atoms with Crippen LogP contribution in [-0.2, 0) is 12.1 Å². The Morgan fingerprint density at radius 1 is 1.04 bits per heavy atom. The number of aromatic nitrogens is 4. The van der Waals surface area contributed by atoms with Crippen LogP contribution in [0.2, 0.25) is 0 Å². The van der Waals surface area contributed by atoms with Gasteiger partial charge in [-0.15, -0.1) is 5.10 Å². The summed E-state index contributed by atoms with van der Waals surface area (Å²) in [6.07, 6.45) is 3.24. The Morgan fingerprint density at radius 3 is 2.37 bits per heavy atom. The van der Waals surface area contributed by atoms with E-state index in [4.69, 9.17) is 0 Å². The maximum Gasteiger partial charge on any atom is 0.168 e. The van der Waals surface area contributed by atoms with Crippen molar-refractivity contribution in [3.8, 4) is 0 Å². The topological polar surface area (TPSA) is 50.1 Å². The van der Waals surface area contributed by atoms with Gasteiger partial charge in [-0.05, 0) is 42.7 Å². The second-order valence-electron chi connectivity index (χ2n) is 8.22. The maximum absolute atomic E-state index is 4.46. The van der Waals surface area contributed by atoms with Crippen molar-refractivity contribution >= 4 is 0 Å². The molecule has 2 heterocycles. The molecule has 0 bridgehead atoms. The molecule has 0 N–H and O–H groups in total. The molecule has 1 aromatic heterocycles. The van der Waals surface area contributed by atoms with E-state index in [0.29, 0.717) is 6.04 Å². The molecule has 27 heavy (non-hydrogen) atoms. The average molecular weight is 371 g/mol. The fraction of sp³-hybridized carbons (Fsp3) is 0.667. The zero-order chi connectivity index (χ0) is 19.3. The average Bonchev–Trinajstić information content (AvgIpc) is 3.18. The third-order valence-corrected chi connectivity index (χ3v) is 5.89. The van der Waals surface area contributed by atoms with Crippen LogP contribution in [0.4, 0.5) is 0 Å². The Kier molecular flexibility index (Phi) is 6.60. The van der Waals surface area contributed by atoms with Crippen LogP contribution in [0, 0.1) is 0 Å². The van der Waals surface area contributed by atoms with E-state index in [2.05, 4.69) is 88.0 Å². The van der Waals surface area contributed by atoms with E-state index in [0.717, 1.165) is 57.8 Å². The lowest BCUT2D eigenvalue weighted by atomic mass is 10.0. The second kappa shape index (κ2) is 8.93. The van der Waals surface area contributed by atoms with Crippen LogP contribution in [0.15, 0.2) is 30.3 Å². The van der Waals surface area contributed by atoms with Crippen LogP contribution < -0.4 is 0 Å². The minimum Gasteiger partial charge on any atom is -0.297 e. The number of nitrogens with zero attached hydrogens (tertiary/aromatic N) is 6. The Balaban J connectivity index is 1.68. The molecule has 1 aliphatic heterocycles. The molecule has 0 saturated carbocycles. The predicted octanol–water partition coefficient (Wildman–Crippen LogP) is 3.48. The highest BCUT2D eigenvalue weighted by molar-refractivity contribution is 5.14. The van der Waals surface area contributed by atoms with Gasteiger partial charge in [0, 0.05) is 32.7 Å². The summed E-state index contributed by atoms with van der Waals surface area (Å²) in [5.74, 6) is 1.03. The molecule has 1 saturated heterocycles. The molecule has 0 aliphatic carbocycles. The van der Waals surface area contributed by atoms with Crippen LogP contribution in [0.25, 0.3) is 0 Å². The van der Waals surface area contributed by atoms with Crippen LogP contribution in [0.3, 0.4) is 0 Å². The highest BCUT2D eigenvalue weighted by Crippen LogP contribution is 2.29. The number of hydrogen-bond acceptors (Lipinski definition) is 5. The normalized spacial score (nSPS) is 17.9. The van der Waals surface area contributed by atoms with Crippen molar-refractivity contribution in [3.05, 3.63) is 41.7 Å². The molecular formula is C21H34N6. The van der Waals surface area contributed by atoms with Crippen LogP contribution in [0.1, 0.15) is 64.4 Å². The molecule has 0 radical (unpaired) electrons. The summed E-state index contributed by atoms with van der Waals surface area (Å²) in [7, 11) is 0. The van der Waals surface area contributed by atoms with Crippen molar-refractivity contribution in [1.29, 1.82) is 0 Å². The summed E-state index contributed by atoms with van der Waals surface area (Å²) in [4.78, 5) is 5.13. The van der Waals surface area contributed by atoms with Crippen LogP contribution in [0.5, 0.6) is 0 Å². The van der Waals surface area contributed by atoms with Gasteiger partial charge in [0.05, 0.1) is 11.6 Å². The summed E-state index contributed by atoms with van der Waals surface area (Å²) in [5, 5.41) is 12.8. The SMILES string of the molecule is CCC[C@H](c1nnnn1C(C)(C)CC)N1CCN(Cc2ccccc2)CC1. The molecule has 1 atom stereocenters. The van der Waals surface area contributed by atoms with Gasteiger partial charge in [-0.25, -0.2) is 4.68 Å². The first kappa shape index (κ1) is 20.0. The first-order chi connectivity index (χ1) is 13.0. The van der Waals surface area contributed by atoms with E-state index >= 15 is 0 Å². The second-order valence-corrected chi connectivity index (χ2v) is 8.22. The Labute approximate surface area is 163 Å². The van der Waals surface area contributed by atoms with E-state index in [9.17, 15) is 0 Å². The molecular weight excluding hydrogens is 336 g/mol. The monoisotopic (exact) mass is 370 g/mol. The van der Waals surface area contributed by atoms with Gasteiger partial charge in [0.15, 0.2) is 5.82 Å². The predicted molar refractivity (Wildman–Crippen MR) is 108 cm³/mol. The van der Waals surface area contributed by atoms with Gasteiger partial charge in [0.1, 0.15) is 0 Å². The van der Waals surface area contributed by atoms with Crippen LogP contribution >= 0.6 is 0 Å². The van der Waals surface area contributed by atoms with E-state index < -0.39 is 0 Å². The van der Waals surface area contributed by atoms with E-state index in [1.807, 2.05) is 0 Å². The maximum atomic E-state index is 4.46. The number of benzene rings is 1. The van der Waals surface area contributed by atoms with Gasteiger partial charge in [-0.3, -0.25) is 9.80 Å². The lowest BCUT2D eigenvalue weighted by Gasteiger charge is -2.39. The molecule has 3 rings (SSSR count). The molecule has 2 aromatic rings. The molecule has 0 unspecified atom stereocenters. The van der Waals surface area contributed by atoms with Crippen LogP contribution in [-0.4, -0.2) is 56.2 Å². The van der Waals surface area contributed by atoms with Crippen molar-refractivity contribution in [2.45, 2.75) is 65.1 Å². The zero-order valence-electron chi connectivity index (χ0n) is 17.3. The number of hydrogen-bond donors (Lipinski definition) is 0. The molecule has 6 heteroatoms. The summed E-state index contributed by atoms with van der Waals surface area (Å²) in [5.41, 5.74) is 1.34. The van der Waals surface area contributed by atoms with Crippen molar-refractivity contribution in [2.24, 2.45) is 0 Å². The van der Waals surface area contributed by atoms with E-state index in [1.165, 1.54) is 5.56 Å². The van der Waals surface area contributed by atoms with Gasteiger partial charge in [-0.1, -0.05) is 50.6 Å².